The van der Waals surface area contributed by atoms with Gasteiger partial charge in [0.05, 0.1) is 11.4 Å². The van der Waals surface area contributed by atoms with Crippen molar-refractivity contribution in [3.8, 4) is 0 Å². The molecule has 2 aromatic carbocycles. The fourth-order valence-electron chi connectivity index (χ4n) is 1.91. The Morgan fingerprint density at radius 2 is 1.95 bits per heavy atom. The molecule has 0 radical (unpaired) electrons. The molecule has 0 atom stereocenters. The van der Waals surface area contributed by atoms with Crippen molar-refractivity contribution in [3.05, 3.63) is 48.0 Å². The summed E-state index contributed by atoms with van der Waals surface area (Å²) < 4.78 is 0. The smallest absolute Gasteiger partial charge is 0.253 e. The van der Waals surface area contributed by atoms with E-state index in [9.17, 15) is 4.79 Å². The van der Waals surface area contributed by atoms with Crippen molar-refractivity contribution in [2.45, 2.75) is 4.90 Å². The lowest BCUT2D eigenvalue weighted by Gasteiger charge is -2.14. The third kappa shape index (κ3) is 3.70. The van der Waals surface area contributed by atoms with Crippen LogP contribution < -0.4 is 11.1 Å². The Labute approximate surface area is 129 Å². The largest absolute Gasteiger partial charge is 0.397 e. The van der Waals surface area contributed by atoms with Crippen molar-refractivity contribution in [2.75, 3.05) is 31.4 Å². The number of nitrogens with two attached hydrogens (primary N) is 1. The summed E-state index contributed by atoms with van der Waals surface area (Å²) in [6, 6.07) is 13.3. The number of carbonyl (C=O) groups excluding carboxylic acids is 1. The Bertz CT molecular complexity index is 656. The lowest BCUT2D eigenvalue weighted by atomic mass is 10.1. The van der Waals surface area contributed by atoms with E-state index >= 15 is 0 Å². The second-order valence-corrected chi connectivity index (χ2v) is 5.74. The van der Waals surface area contributed by atoms with Crippen LogP contribution in [0, 0.1) is 0 Å². The van der Waals surface area contributed by atoms with Crippen molar-refractivity contribution in [1.82, 2.24) is 4.90 Å². The van der Waals surface area contributed by atoms with Crippen LogP contribution in [0.3, 0.4) is 0 Å². The van der Waals surface area contributed by atoms with Crippen molar-refractivity contribution in [3.63, 3.8) is 0 Å². The summed E-state index contributed by atoms with van der Waals surface area (Å²) in [7, 11) is 3.46. The van der Waals surface area contributed by atoms with Crippen molar-refractivity contribution in [1.29, 1.82) is 0 Å². The van der Waals surface area contributed by atoms with Crippen LogP contribution >= 0.6 is 11.8 Å². The van der Waals surface area contributed by atoms with Gasteiger partial charge in [-0.05, 0) is 42.7 Å². The first kappa shape index (κ1) is 15.3. The lowest BCUT2D eigenvalue weighted by Crippen LogP contribution is -2.21. The molecule has 5 heteroatoms. The summed E-state index contributed by atoms with van der Waals surface area (Å²) in [5, 5.41) is 3.27. The Balaban J connectivity index is 2.30. The molecule has 2 aromatic rings. The number of thioether (sulfide) groups is 1. The topological polar surface area (TPSA) is 58.4 Å². The van der Waals surface area contributed by atoms with Gasteiger partial charge in [-0.2, -0.15) is 0 Å². The van der Waals surface area contributed by atoms with Gasteiger partial charge in [0.15, 0.2) is 0 Å². The van der Waals surface area contributed by atoms with Crippen LogP contribution in [0.2, 0.25) is 0 Å². The Hall–Kier alpha value is -2.14. The summed E-state index contributed by atoms with van der Waals surface area (Å²) in [5.74, 6) is -0.0454. The van der Waals surface area contributed by atoms with Crippen molar-refractivity contribution < 1.29 is 4.79 Å². The first-order valence-electron chi connectivity index (χ1n) is 6.53. The number of hydrogen-bond donors (Lipinski definition) is 2. The van der Waals surface area contributed by atoms with Gasteiger partial charge in [0, 0.05) is 30.2 Å². The van der Waals surface area contributed by atoms with Crippen LogP contribution in [0.5, 0.6) is 0 Å². The van der Waals surface area contributed by atoms with Crippen LogP contribution in [0.25, 0.3) is 0 Å². The monoisotopic (exact) mass is 301 g/mol. The molecule has 0 aromatic heterocycles. The maximum atomic E-state index is 12.0. The first-order chi connectivity index (χ1) is 10.0. The van der Waals surface area contributed by atoms with Crippen molar-refractivity contribution in [2.24, 2.45) is 0 Å². The van der Waals surface area contributed by atoms with Gasteiger partial charge in [-0.1, -0.05) is 6.07 Å². The number of hydrogen-bond acceptors (Lipinski definition) is 4. The van der Waals surface area contributed by atoms with E-state index in [4.69, 9.17) is 5.73 Å². The second kappa shape index (κ2) is 6.54. The Morgan fingerprint density at radius 3 is 2.62 bits per heavy atom. The zero-order valence-corrected chi connectivity index (χ0v) is 13.2. The van der Waals surface area contributed by atoms with Crippen LogP contribution in [-0.4, -0.2) is 31.2 Å². The van der Waals surface area contributed by atoms with E-state index in [1.165, 1.54) is 4.90 Å². The van der Waals surface area contributed by atoms with E-state index in [-0.39, 0.29) is 5.91 Å². The zero-order valence-electron chi connectivity index (χ0n) is 12.4. The molecule has 0 fully saturated rings. The minimum absolute atomic E-state index is 0.0454. The summed E-state index contributed by atoms with van der Waals surface area (Å²) in [5.41, 5.74) is 8.90. The average molecular weight is 301 g/mol. The number of benzene rings is 2. The third-order valence-corrected chi connectivity index (χ3v) is 3.78. The van der Waals surface area contributed by atoms with Gasteiger partial charge in [-0.25, -0.2) is 0 Å². The third-order valence-electron chi connectivity index (χ3n) is 3.06. The molecule has 110 valence electrons. The minimum Gasteiger partial charge on any atom is -0.397 e. The predicted octanol–water partition coefficient (Wildman–Crippen LogP) is 3.44. The van der Waals surface area contributed by atoms with Crippen LogP contribution in [0.4, 0.5) is 17.1 Å². The number of carbonyl (C=O) groups is 1. The first-order valence-corrected chi connectivity index (χ1v) is 7.76. The number of nitrogens with zero attached hydrogens (tertiary/aromatic N) is 1. The van der Waals surface area contributed by atoms with E-state index in [0.29, 0.717) is 11.3 Å². The number of amides is 1. The normalized spacial score (nSPS) is 10.2. The lowest BCUT2D eigenvalue weighted by molar-refractivity contribution is 0.0827. The number of rotatable bonds is 4. The number of nitrogens with one attached hydrogen (secondary N) is 1. The molecule has 0 saturated heterocycles. The number of anilines is 3. The quantitative estimate of drug-likeness (QED) is 0.671. The van der Waals surface area contributed by atoms with Gasteiger partial charge in [-0.15, -0.1) is 11.8 Å². The standard InChI is InChI=1S/C16H19N3OS/c1-19(2)16(20)11-7-8-14(17)15(9-11)18-12-5-4-6-13(10-12)21-3/h4-10,18H,17H2,1-3H3. The molecular weight excluding hydrogens is 282 g/mol. The van der Waals surface area contributed by atoms with Gasteiger partial charge >= 0.3 is 0 Å². The number of nitrogen functional groups attached to an aromatic ring is 1. The maximum Gasteiger partial charge on any atom is 0.253 e. The molecule has 0 aliphatic carbocycles. The molecule has 3 N–H and O–H groups in total. The van der Waals surface area contributed by atoms with Crippen LogP contribution in [-0.2, 0) is 0 Å². The SMILES string of the molecule is CSc1cccc(Nc2cc(C(=O)N(C)C)ccc2N)c1. The van der Waals surface area contributed by atoms with Gasteiger partial charge in [0.25, 0.3) is 5.91 Å². The maximum absolute atomic E-state index is 12.0. The van der Waals surface area contributed by atoms with E-state index in [2.05, 4.69) is 5.32 Å². The Morgan fingerprint density at radius 1 is 1.19 bits per heavy atom. The summed E-state index contributed by atoms with van der Waals surface area (Å²) in [6.45, 7) is 0. The fraction of sp³-hybridized carbons (Fsp3) is 0.188. The minimum atomic E-state index is -0.0454. The molecule has 1 amide bonds. The molecule has 0 saturated carbocycles. The molecule has 0 bridgehead atoms. The summed E-state index contributed by atoms with van der Waals surface area (Å²) in [4.78, 5) is 14.7. The van der Waals surface area contributed by atoms with Crippen LogP contribution in [0.15, 0.2) is 47.4 Å². The second-order valence-electron chi connectivity index (χ2n) is 4.86. The van der Waals surface area contributed by atoms with Gasteiger partial charge in [0.2, 0.25) is 0 Å². The molecule has 0 spiro atoms. The van der Waals surface area contributed by atoms with E-state index in [1.54, 1.807) is 49.0 Å². The van der Waals surface area contributed by atoms with Crippen molar-refractivity contribution >= 4 is 34.7 Å². The van der Waals surface area contributed by atoms with Crippen LogP contribution in [0.1, 0.15) is 10.4 Å². The molecule has 0 unspecified atom stereocenters. The van der Waals surface area contributed by atoms with Gasteiger partial charge in [-0.3, -0.25) is 4.79 Å². The molecule has 4 nitrogen and oxygen atoms in total. The Kier molecular flexibility index (Phi) is 4.75. The zero-order chi connectivity index (χ0) is 15.4. The van der Waals surface area contributed by atoms with E-state index in [0.717, 1.165) is 11.4 Å². The highest BCUT2D eigenvalue weighted by Crippen LogP contribution is 2.27. The highest BCUT2D eigenvalue weighted by Gasteiger charge is 2.10. The molecular formula is C16H19N3OS. The summed E-state index contributed by atoms with van der Waals surface area (Å²) >= 11 is 1.68. The fourth-order valence-corrected chi connectivity index (χ4v) is 2.37. The molecule has 0 aliphatic rings. The predicted molar refractivity (Wildman–Crippen MR) is 90.4 cm³/mol. The van der Waals surface area contributed by atoms with E-state index < -0.39 is 0 Å². The van der Waals surface area contributed by atoms with E-state index in [1.807, 2.05) is 30.5 Å². The summed E-state index contributed by atoms with van der Waals surface area (Å²) in [6.07, 6.45) is 2.03. The van der Waals surface area contributed by atoms with Gasteiger partial charge in [0.1, 0.15) is 0 Å². The average Bonchev–Trinajstić information content (AvgIpc) is 2.49. The highest BCUT2D eigenvalue weighted by atomic mass is 32.2. The van der Waals surface area contributed by atoms with Gasteiger partial charge < -0.3 is 16.0 Å². The molecule has 0 aliphatic heterocycles. The molecule has 2 rings (SSSR count). The molecule has 0 heterocycles. The highest BCUT2D eigenvalue weighted by molar-refractivity contribution is 7.98. The molecule has 21 heavy (non-hydrogen) atoms.